The van der Waals surface area contributed by atoms with Gasteiger partial charge in [0.05, 0.1) is 19.6 Å². The molecule has 0 aliphatic heterocycles. The van der Waals surface area contributed by atoms with Gasteiger partial charge in [-0.3, -0.25) is 4.79 Å². The zero-order valence-corrected chi connectivity index (χ0v) is 14.5. The molecular formula is C20H22FNO3. The van der Waals surface area contributed by atoms with E-state index in [1.165, 1.54) is 12.1 Å². The Kier molecular flexibility index (Phi) is 4.93. The fourth-order valence-corrected chi connectivity index (χ4v) is 3.05. The predicted octanol–water partition coefficient (Wildman–Crippen LogP) is 3.23. The largest absolute Gasteiger partial charge is 0.493 e. The predicted molar refractivity (Wildman–Crippen MR) is 93.6 cm³/mol. The average Bonchev–Trinajstić information content (AvgIpc) is 3.44. The molecule has 1 fully saturated rings. The Morgan fingerprint density at radius 3 is 2.36 bits per heavy atom. The lowest BCUT2D eigenvalue weighted by Gasteiger charge is -2.18. The van der Waals surface area contributed by atoms with Crippen LogP contribution < -0.4 is 14.8 Å². The molecule has 2 aromatic rings. The molecule has 0 aromatic heterocycles. The van der Waals surface area contributed by atoms with Crippen LogP contribution in [0, 0.1) is 5.82 Å². The molecule has 1 N–H and O–H groups in total. The van der Waals surface area contributed by atoms with E-state index in [4.69, 9.17) is 9.47 Å². The summed E-state index contributed by atoms with van der Waals surface area (Å²) in [6.45, 7) is 0.527. The second-order valence-electron chi connectivity index (χ2n) is 6.28. The van der Waals surface area contributed by atoms with Gasteiger partial charge in [0.15, 0.2) is 11.5 Å². The number of carbonyl (C=O) groups excluding carboxylic acids is 1. The van der Waals surface area contributed by atoms with Crippen LogP contribution in [0.25, 0.3) is 0 Å². The van der Waals surface area contributed by atoms with Crippen molar-refractivity contribution < 1.29 is 18.7 Å². The molecule has 3 rings (SSSR count). The molecule has 0 saturated heterocycles. The van der Waals surface area contributed by atoms with Crippen molar-refractivity contribution in [2.45, 2.75) is 24.7 Å². The molecule has 0 heterocycles. The van der Waals surface area contributed by atoms with Gasteiger partial charge < -0.3 is 14.8 Å². The molecule has 1 aliphatic rings. The first-order chi connectivity index (χ1) is 12.1. The summed E-state index contributed by atoms with van der Waals surface area (Å²) in [5.41, 5.74) is 1.48. The van der Waals surface area contributed by atoms with Crippen LogP contribution in [0.5, 0.6) is 11.5 Å². The van der Waals surface area contributed by atoms with Crippen LogP contribution in [0.1, 0.15) is 24.0 Å². The first-order valence-electron chi connectivity index (χ1n) is 8.34. The molecule has 0 unspecified atom stereocenters. The number of hydrogen-bond donors (Lipinski definition) is 1. The van der Waals surface area contributed by atoms with Gasteiger partial charge in [-0.25, -0.2) is 4.39 Å². The SMILES string of the molecule is COc1ccc(C2(C(=O)NCCc3ccc(F)cc3)CC2)cc1OC. The fourth-order valence-electron chi connectivity index (χ4n) is 3.05. The number of amides is 1. The maximum Gasteiger partial charge on any atom is 0.230 e. The summed E-state index contributed by atoms with van der Waals surface area (Å²) in [5.74, 6) is 1.06. The smallest absolute Gasteiger partial charge is 0.230 e. The summed E-state index contributed by atoms with van der Waals surface area (Å²) in [6.07, 6.45) is 2.32. The number of rotatable bonds is 7. The van der Waals surface area contributed by atoms with Crippen LogP contribution >= 0.6 is 0 Å². The maximum absolute atomic E-state index is 12.9. The zero-order chi connectivity index (χ0) is 17.9. The summed E-state index contributed by atoms with van der Waals surface area (Å²) in [6, 6.07) is 12.0. The molecule has 0 atom stereocenters. The Labute approximate surface area is 147 Å². The summed E-state index contributed by atoms with van der Waals surface area (Å²) in [7, 11) is 3.18. The van der Waals surface area contributed by atoms with Crippen LogP contribution in [0.15, 0.2) is 42.5 Å². The molecule has 2 aromatic carbocycles. The molecule has 0 spiro atoms. The molecule has 25 heavy (non-hydrogen) atoms. The minimum atomic E-state index is -0.470. The van der Waals surface area contributed by atoms with Crippen molar-refractivity contribution in [3.63, 3.8) is 0 Å². The van der Waals surface area contributed by atoms with Crippen molar-refractivity contribution in [3.8, 4) is 11.5 Å². The highest BCUT2D eigenvalue weighted by molar-refractivity contribution is 5.91. The van der Waals surface area contributed by atoms with Gasteiger partial charge in [-0.2, -0.15) is 0 Å². The summed E-state index contributed by atoms with van der Waals surface area (Å²) >= 11 is 0. The van der Waals surface area contributed by atoms with Gasteiger partial charge in [-0.1, -0.05) is 18.2 Å². The van der Waals surface area contributed by atoms with Crippen LogP contribution in [0.2, 0.25) is 0 Å². The van der Waals surface area contributed by atoms with Crippen molar-refractivity contribution in [2.75, 3.05) is 20.8 Å². The van der Waals surface area contributed by atoms with E-state index in [0.717, 1.165) is 24.0 Å². The molecule has 1 aliphatic carbocycles. The molecule has 4 nitrogen and oxygen atoms in total. The molecule has 0 bridgehead atoms. The molecule has 1 amide bonds. The number of nitrogens with one attached hydrogen (secondary N) is 1. The van der Waals surface area contributed by atoms with Crippen molar-refractivity contribution in [3.05, 3.63) is 59.4 Å². The second kappa shape index (κ2) is 7.13. The zero-order valence-electron chi connectivity index (χ0n) is 14.5. The van der Waals surface area contributed by atoms with E-state index in [0.29, 0.717) is 24.5 Å². The van der Waals surface area contributed by atoms with Gasteiger partial charge >= 0.3 is 0 Å². The molecular weight excluding hydrogens is 321 g/mol. The lowest BCUT2D eigenvalue weighted by atomic mass is 9.94. The van der Waals surface area contributed by atoms with Gasteiger partial charge in [-0.15, -0.1) is 0 Å². The number of carbonyl (C=O) groups is 1. The normalized spacial score (nSPS) is 14.7. The quantitative estimate of drug-likeness (QED) is 0.840. The van der Waals surface area contributed by atoms with Gasteiger partial charge in [0.1, 0.15) is 5.82 Å². The number of hydrogen-bond acceptors (Lipinski definition) is 3. The minimum absolute atomic E-state index is 0.0295. The minimum Gasteiger partial charge on any atom is -0.493 e. The number of halogens is 1. The summed E-state index contributed by atoms with van der Waals surface area (Å²) in [5, 5.41) is 3.01. The third-order valence-electron chi connectivity index (χ3n) is 4.73. The second-order valence-corrected chi connectivity index (χ2v) is 6.28. The van der Waals surface area contributed by atoms with Crippen LogP contribution in [-0.2, 0) is 16.6 Å². The van der Waals surface area contributed by atoms with Gasteiger partial charge in [0, 0.05) is 6.54 Å². The van der Waals surface area contributed by atoms with Crippen LogP contribution in [0.3, 0.4) is 0 Å². The summed E-state index contributed by atoms with van der Waals surface area (Å²) < 4.78 is 23.5. The Morgan fingerprint density at radius 2 is 1.76 bits per heavy atom. The highest BCUT2D eigenvalue weighted by atomic mass is 19.1. The number of methoxy groups -OCH3 is 2. The summed E-state index contributed by atoms with van der Waals surface area (Å²) in [4.78, 5) is 12.7. The lowest BCUT2D eigenvalue weighted by molar-refractivity contribution is -0.123. The van der Waals surface area contributed by atoms with E-state index in [9.17, 15) is 9.18 Å². The van der Waals surface area contributed by atoms with E-state index in [-0.39, 0.29) is 11.7 Å². The standard InChI is InChI=1S/C20H22FNO3/c1-24-17-8-5-15(13-18(17)25-2)20(10-11-20)19(23)22-12-9-14-3-6-16(21)7-4-14/h3-8,13H,9-12H2,1-2H3,(H,22,23). The monoisotopic (exact) mass is 343 g/mol. The third-order valence-corrected chi connectivity index (χ3v) is 4.73. The Hall–Kier alpha value is -2.56. The maximum atomic E-state index is 12.9. The topological polar surface area (TPSA) is 47.6 Å². The highest BCUT2D eigenvalue weighted by Gasteiger charge is 2.51. The highest BCUT2D eigenvalue weighted by Crippen LogP contribution is 2.50. The van der Waals surface area contributed by atoms with Gasteiger partial charge in [0.2, 0.25) is 5.91 Å². The first-order valence-corrected chi connectivity index (χ1v) is 8.34. The fraction of sp³-hybridized carbons (Fsp3) is 0.350. The molecule has 5 heteroatoms. The van der Waals surface area contributed by atoms with Crippen molar-refractivity contribution in [1.29, 1.82) is 0 Å². The Balaban J connectivity index is 1.64. The molecule has 1 saturated carbocycles. The number of ether oxygens (including phenoxy) is 2. The molecule has 132 valence electrons. The third kappa shape index (κ3) is 3.60. The van der Waals surface area contributed by atoms with E-state index >= 15 is 0 Å². The van der Waals surface area contributed by atoms with Crippen molar-refractivity contribution in [2.24, 2.45) is 0 Å². The van der Waals surface area contributed by atoms with E-state index < -0.39 is 5.41 Å². The Bertz CT molecular complexity index is 754. The van der Waals surface area contributed by atoms with Crippen molar-refractivity contribution >= 4 is 5.91 Å². The number of benzene rings is 2. The van der Waals surface area contributed by atoms with E-state index in [1.807, 2.05) is 18.2 Å². The van der Waals surface area contributed by atoms with E-state index in [2.05, 4.69) is 5.32 Å². The van der Waals surface area contributed by atoms with E-state index in [1.54, 1.807) is 26.4 Å². The van der Waals surface area contributed by atoms with Crippen molar-refractivity contribution in [1.82, 2.24) is 5.32 Å². The Morgan fingerprint density at radius 1 is 1.08 bits per heavy atom. The lowest BCUT2D eigenvalue weighted by Crippen LogP contribution is -2.36. The van der Waals surface area contributed by atoms with Crippen LogP contribution in [-0.4, -0.2) is 26.7 Å². The van der Waals surface area contributed by atoms with Gasteiger partial charge in [0.25, 0.3) is 0 Å². The average molecular weight is 343 g/mol. The van der Waals surface area contributed by atoms with Crippen LogP contribution in [0.4, 0.5) is 4.39 Å². The molecule has 0 radical (unpaired) electrons. The first kappa shape index (κ1) is 17.3. The van der Waals surface area contributed by atoms with Gasteiger partial charge in [-0.05, 0) is 54.7 Å².